The van der Waals surface area contributed by atoms with Gasteiger partial charge in [0.1, 0.15) is 5.78 Å². The van der Waals surface area contributed by atoms with Crippen molar-refractivity contribution in [2.75, 3.05) is 0 Å². The van der Waals surface area contributed by atoms with E-state index in [1.54, 1.807) is 0 Å². The van der Waals surface area contributed by atoms with Gasteiger partial charge in [0.25, 0.3) is 0 Å². The summed E-state index contributed by atoms with van der Waals surface area (Å²) < 4.78 is 0. The van der Waals surface area contributed by atoms with E-state index in [4.69, 9.17) is 0 Å². The third kappa shape index (κ3) is 1.03. The van der Waals surface area contributed by atoms with Crippen molar-refractivity contribution < 1.29 is 4.79 Å². The molecule has 1 fully saturated rings. The number of ketones is 1. The van der Waals surface area contributed by atoms with Crippen molar-refractivity contribution in [1.82, 2.24) is 0 Å². The van der Waals surface area contributed by atoms with Crippen molar-refractivity contribution in [3.63, 3.8) is 0 Å². The third-order valence-corrected chi connectivity index (χ3v) is 3.69. The van der Waals surface area contributed by atoms with Crippen molar-refractivity contribution in [2.45, 2.75) is 39.5 Å². The topological polar surface area (TPSA) is 17.1 Å². The summed E-state index contributed by atoms with van der Waals surface area (Å²) in [5, 5.41) is 0. The Kier molecular flexibility index (Phi) is 1.64. The van der Waals surface area contributed by atoms with Crippen molar-refractivity contribution in [3.05, 3.63) is 11.6 Å². The molecule has 2 rings (SSSR count). The van der Waals surface area contributed by atoms with Crippen LogP contribution in [0.2, 0.25) is 0 Å². The highest BCUT2D eigenvalue weighted by Crippen LogP contribution is 2.50. The largest absolute Gasteiger partial charge is 0.300 e. The van der Waals surface area contributed by atoms with Gasteiger partial charge in [-0.25, -0.2) is 0 Å². The normalized spacial score (nSPS) is 41.0. The quantitative estimate of drug-likeness (QED) is 0.503. The fourth-order valence-corrected chi connectivity index (χ4v) is 2.67. The number of hydrogen-bond acceptors (Lipinski definition) is 1. The molecule has 1 saturated carbocycles. The summed E-state index contributed by atoms with van der Waals surface area (Å²) >= 11 is 0. The fraction of sp³-hybridized carbons (Fsp3) is 0.727. The van der Waals surface area contributed by atoms with E-state index in [1.165, 1.54) is 12.0 Å². The molecule has 0 unspecified atom stereocenters. The molecule has 0 heterocycles. The zero-order chi connectivity index (χ0) is 8.77. The highest BCUT2D eigenvalue weighted by atomic mass is 16.1. The van der Waals surface area contributed by atoms with E-state index in [1.807, 2.05) is 0 Å². The smallest absolute Gasteiger partial charge is 0.133 e. The summed E-state index contributed by atoms with van der Waals surface area (Å²) in [4.78, 5) is 11.3. The molecule has 2 atom stereocenters. The molecule has 0 aromatic carbocycles. The fourth-order valence-electron chi connectivity index (χ4n) is 2.67. The first kappa shape index (κ1) is 8.03. The molecule has 0 saturated heterocycles. The number of fused-ring (bicyclic) bond motifs is 1. The van der Waals surface area contributed by atoms with Gasteiger partial charge in [-0.2, -0.15) is 0 Å². The van der Waals surface area contributed by atoms with Gasteiger partial charge in [0.2, 0.25) is 0 Å². The third-order valence-electron chi connectivity index (χ3n) is 3.69. The van der Waals surface area contributed by atoms with Gasteiger partial charge in [-0.1, -0.05) is 18.6 Å². The molecular weight excluding hydrogens is 148 g/mol. The second kappa shape index (κ2) is 2.45. The molecule has 0 amide bonds. The Morgan fingerprint density at radius 3 is 3.08 bits per heavy atom. The maximum atomic E-state index is 11.3. The minimum atomic E-state index is 0.429. The molecule has 0 aromatic rings. The van der Waals surface area contributed by atoms with E-state index < -0.39 is 0 Å². The van der Waals surface area contributed by atoms with Crippen LogP contribution >= 0.6 is 0 Å². The zero-order valence-corrected chi connectivity index (χ0v) is 7.89. The van der Waals surface area contributed by atoms with E-state index in [0.717, 1.165) is 19.3 Å². The zero-order valence-electron chi connectivity index (χ0n) is 7.89. The second-order valence-electron chi connectivity index (χ2n) is 4.60. The molecule has 0 aliphatic heterocycles. The average molecular weight is 164 g/mol. The van der Waals surface area contributed by atoms with E-state index in [0.29, 0.717) is 17.1 Å². The number of carbonyl (C=O) groups is 1. The highest BCUT2D eigenvalue weighted by molar-refractivity contribution is 5.80. The minimum Gasteiger partial charge on any atom is -0.300 e. The van der Waals surface area contributed by atoms with Crippen LogP contribution in [0.15, 0.2) is 11.6 Å². The Hall–Kier alpha value is -0.590. The van der Waals surface area contributed by atoms with Crippen LogP contribution in [-0.4, -0.2) is 5.78 Å². The molecule has 0 spiro atoms. The predicted octanol–water partition coefficient (Wildman–Crippen LogP) is 2.71. The minimum absolute atomic E-state index is 0.429. The molecule has 12 heavy (non-hydrogen) atoms. The van der Waals surface area contributed by atoms with Crippen LogP contribution in [0.25, 0.3) is 0 Å². The van der Waals surface area contributed by atoms with Crippen molar-refractivity contribution in [2.24, 2.45) is 11.3 Å². The first-order chi connectivity index (χ1) is 5.62. The first-order valence-corrected chi connectivity index (χ1v) is 4.80. The number of hydrogen-bond donors (Lipinski definition) is 0. The Morgan fingerprint density at radius 2 is 2.33 bits per heavy atom. The molecule has 1 heteroatoms. The number of carbonyl (C=O) groups excluding carboxylic acids is 1. The van der Waals surface area contributed by atoms with E-state index in [-0.39, 0.29) is 0 Å². The van der Waals surface area contributed by atoms with Crippen LogP contribution in [0.4, 0.5) is 0 Å². The van der Waals surface area contributed by atoms with E-state index in [9.17, 15) is 4.79 Å². The lowest BCUT2D eigenvalue weighted by Crippen LogP contribution is -2.31. The summed E-state index contributed by atoms with van der Waals surface area (Å²) in [6.45, 7) is 4.51. The summed E-state index contributed by atoms with van der Waals surface area (Å²) in [5.41, 5.74) is 1.88. The van der Waals surface area contributed by atoms with Crippen molar-refractivity contribution >= 4 is 5.78 Å². The van der Waals surface area contributed by atoms with Gasteiger partial charge in [-0.3, -0.25) is 4.79 Å². The van der Waals surface area contributed by atoms with Gasteiger partial charge in [-0.15, -0.1) is 0 Å². The Labute approximate surface area is 73.8 Å². The van der Waals surface area contributed by atoms with Crippen molar-refractivity contribution in [1.29, 1.82) is 0 Å². The summed E-state index contributed by atoms with van der Waals surface area (Å²) in [6.07, 6.45) is 6.23. The molecule has 66 valence electrons. The molecule has 2 aliphatic carbocycles. The van der Waals surface area contributed by atoms with Crippen LogP contribution < -0.4 is 0 Å². The molecule has 0 N–H and O–H groups in total. The molecule has 1 nitrogen and oxygen atoms in total. The number of Topliss-reactive ketones (excluding diaryl/α,β-unsaturated/α-hetero) is 1. The lowest BCUT2D eigenvalue weighted by atomic mass is 9.67. The number of rotatable bonds is 0. The number of allylic oxidation sites excluding steroid dienone is 2. The molecule has 0 radical (unpaired) electrons. The van der Waals surface area contributed by atoms with Crippen LogP contribution in [0.5, 0.6) is 0 Å². The Balaban J connectivity index is 2.24. The second-order valence-corrected chi connectivity index (χ2v) is 4.60. The van der Waals surface area contributed by atoms with Crippen molar-refractivity contribution in [3.8, 4) is 0 Å². The average Bonchev–Trinajstić information content (AvgIpc) is 2.31. The molecule has 0 bridgehead atoms. The standard InChI is InChI=1S/C11H16O/c1-8-3-5-11(2)6-4-9(12)7-10(8)11/h3,10H,4-7H2,1-2H3/t10-,11-/m0/s1. The first-order valence-electron chi connectivity index (χ1n) is 4.80. The summed E-state index contributed by atoms with van der Waals surface area (Å²) in [7, 11) is 0. The molecule has 2 aliphatic rings. The summed E-state index contributed by atoms with van der Waals surface area (Å²) in [5.74, 6) is 1.03. The Bertz CT molecular complexity index is 252. The van der Waals surface area contributed by atoms with Gasteiger partial charge < -0.3 is 0 Å². The van der Waals surface area contributed by atoms with Crippen LogP contribution in [0.3, 0.4) is 0 Å². The van der Waals surface area contributed by atoms with Crippen LogP contribution in [0.1, 0.15) is 39.5 Å². The molecule has 0 aromatic heterocycles. The highest BCUT2D eigenvalue weighted by Gasteiger charge is 2.42. The maximum Gasteiger partial charge on any atom is 0.133 e. The van der Waals surface area contributed by atoms with Gasteiger partial charge >= 0.3 is 0 Å². The van der Waals surface area contributed by atoms with E-state index >= 15 is 0 Å². The van der Waals surface area contributed by atoms with E-state index in [2.05, 4.69) is 19.9 Å². The van der Waals surface area contributed by atoms with Gasteiger partial charge in [0.05, 0.1) is 0 Å². The lowest BCUT2D eigenvalue weighted by Gasteiger charge is -2.36. The molecular formula is C11H16O. The summed E-state index contributed by atoms with van der Waals surface area (Å²) in [6, 6.07) is 0. The van der Waals surface area contributed by atoms with Crippen LogP contribution in [-0.2, 0) is 4.79 Å². The monoisotopic (exact) mass is 164 g/mol. The maximum absolute atomic E-state index is 11.3. The predicted molar refractivity (Wildman–Crippen MR) is 48.8 cm³/mol. The van der Waals surface area contributed by atoms with Gasteiger partial charge in [0, 0.05) is 12.8 Å². The van der Waals surface area contributed by atoms with Crippen LogP contribution in [0, 0.1) is 11.3 Å². The SMILES string of the molecule is CC1=CC[C@@]2(C)CCC(=O)C[C@@H]12. The van der Waals surface area contributed by atoms with Gasteiger partial charge in [0.15, 0.2) is 0 Å². The Morgan fingerprint density at radius 1 is 1.58 bits per heavy atom. The van der Waals surface area contributed by atoms with Gasteiger partial charge in [-0.05, 0) is 31.1 Å². The lowest BCUT2D eigenvalue weighted by molar-refractivity contribution is -0.123.